The molecule has 2 aliphatic carbocycles. The minimum Gasteiger partial charge on any atom is -0.482 e. The summed E-state index contributed by atoms with van der Waals surface area (Å²) in [6, 6.07) is 6.95. The lowest BCUT2D eigenvalue weighted by Gasteiger charge is -2.36. The molecule has 0 spiro atoms. The lowest BCUT2D eigenvalue weighted by molar-refractivity contribution is -0.139. The first-order valence-corrected chi connectivity index (χ1v) is 9.19. The van der Waals surface area contributed by atoms with Crippen molar-refractivity contribution in [1.82, 2.24) is 0 Å². The van der Waals surface area contributed by atoms with E-state index >= 15 is 0 Å². The van der Waals surface area contributed by atoms with Crippen LogP contribution in [0.3, 0.4) is 0 Å². The third kappa shape index (κ3) is 3.27. The van der Waals surface area contributed by atoms with Crippen LogP contribution in [0.15, 0.2) is 46.9 Å². The number of carbonyl (C=O) groups is 3. The number of benzene rings is 1. The summed E-state index contributed by atoms with van der Waals surface area (Å²) in [4.78, 5) is 36.0. The molecule has 6 heteroatoms. The van der Waals surface area contributed by atoms with Gasteiger partial charge in [-0.15, -0.1) is 0 Å². The molecule has 0 fully saturated rings. The van der Waals surface area contributed by atoms with Crippen LogP contribution >= 0.6 is 0 Å². The first-order chi connectivity index (χ1) is 13.0. The van der Waals surface area contributed by atoms with Gasteiger partial charge in [0.05, 0.1) is 0 Å². The molecule has 1 aromatic carbocycles. The van der Waals surface area contributed by atoms with Gasteiger partial charge in [-0.05, 0) is 30.5 Å². The van der Waals surface area contributed by atoms with E-state index in [-0.39, 0.29) is 11.6 Å². The van der Waals surface area contributed by atoms with E-state index in [1.807, 2.05) is 0 Å². The summed E-state index contributed by atoms with van der Waals surface area (Å²) in [5.74, 6) is 0.467. The number of allylic oxidation sites excluding steroid dienone is 4. The van der Waals surface area contributed by atoms with Crippen molar-refractivity contribution < 1.29 is 29.0 Å². The largest absolute Gasteiger partial charge is 0.482 e. The summed E-state index contributed by atoms with van der Waals surface area (Å²) < 4.78 is 11.2. The Morgan fingerprint density at radius 2 is 1.52 bits per heavy atom. The quantitative estimate of drug-likeness (QED) is 0.877. The first-order valence-electron chi connectivity index (χ1n) is 9.19. The Labute approximate surface area is 156 Å². The molecule has 1 N–H and O–H groups in total. The standard InChI is InChI=1S/C21H20O6/c22-14-3-1-5-16-20(14)19(21-15(23)4-2-6-17(21)27-16)12-7-9-13(10-8-12)26-11-18(24)25/h7-10,19H,1-6,11H2,(H,24,25). The summed E-state index contributed by atoms with van der Waals surface area (Å²) >= 11 is 0. The molecule has 0 amide bonds. The molecule has 1 aliphatic heterocycles. The van der Waals surface area contributed by atoms with Crippen molar-refractivity contribution in [3.05, 3.63) is 52.5 Å². The molecule has 0 radical (unpaired) electrons. The number of aliphatic carboxylic acids is 1. The van der Waals surface area contributed by atoms with Gasteiger partial charge in [-0.1, -0.05) is 12.1 Å². The highest BCUT2D eigenvalue weighted by Crippen LogP contribution is 2.47. The fourth-order valence-electron chi connectivity index (χ4n) is 4.05. The Kier molecular flexibility index (Phi) is 4.56. The van der Waals surface area contributed by atoms with E-state index in [9.17, 15) is 14.4 Å². The van der Waals surface area contributed by atoms with Crippen molar-refractivity contribution in [2.45, 2.75) is 44.4 Å². The van der Waals surface area contributed by atoms with Crippen LogP contribution in [-0.2, 0) is 19.1 Å². The Balaban J connectivity index is 1.74. The SMILES string of the molecule is O=C(O)COc1ccc(C2C3=C(CCCC3=O)OC3=C2C(=O)CCC3)cc1. The van der Waals surface area contributed by atoms with Crippen LogP contribution in [0, 0.1) is 0 Å². The van der Waals surface area contributed by atoms with Gasteiger partial charge < -0.3 is 14.6 Å². The summed E-state index contributed by atoms with van der Waals surface area (Å²) in [6.07, 6.45) is 3.89. The molecule has 140 valence electrons. The molecule has 3 aliphatic rings. The summed E-state index contributed by atoms with van der Waals surface area (Å²) in [5, 5.41) is 8.72. The molecule has 0 bridgehead atoms. The molecule has 0 unspecified atom stereocenters. The number of hydrogen-bond donors (Lipinski definition) is 1. The summed E-state index contributed by atoms with van der Waals surface area (Å²) in [6.45, 7) is -0.418. The van der Waals surface area contributed by atoms with Gasteiger partial charge in [0, 0.05) is 42.7 Å². The number of carboxylic acids is 1. The number of hydrogen-bond acceptors (Lipinski definition) is 5. The monoisotopic (exact) mass is 368 g/mol. The highest BCUT2D eigenvalue weighted by Gasteiger charge is 2.41. The fraction of sp³-hybridized carbons (Fsp3) is 0.381. The van der Waals surface area contributed by atoms with Gasteiger partial charge in [0.15, 0.2) is 18.2 Å². The second kappa shape index (κ2) is 7.02. The predicted octanol–water partition coefficient (Wildman–Crippen LogP) is 3.28. The fourth-order valence-corrected chi connectivity index (χ4v) is 4.05. The Morgan fingerprint density at radius 1 is 0.963 bits per heavy atom. The van der Waals surface area contributed by atoms with E-state index in [2.05, 4.69) is 0 Å². The van der Waals surface area contributed by atoms with E-state index in [0.717, 1.165) is 18.4 Å². The zero-order valence-corrected chi connectivity index (χ0v) is 14.8. The van der Waals surface area contributed by atoms with Crippen molar-refractivity contribution in [3.63, 3.8) is 0 Å². The van der Waals surface area contributed by atoms with Crippen LogP contribution in [0.4, 0.5) is 0 Å². The second-order valence-corrected chi connectivity index (χ2v) is 7.01. The maximum absolute atomic E-state index is 12.7. The third-order valence-corrected chi connectivity index (χ3v) is 5.22. The molecule has 0 aromatic heterocycles. The smallest absolute Gasteiger partial charge is 0.341 e. The Bertz CT molecular complexity index is 832. The van der Waals surface area contributed by atoms with Gasteiger partial charge in [0.1, 0.15) is 17.3 Å². The average molecular weight is 368 g/mol. The number of rotatable bonds is 4. The molecule has 1 heterocycles. The second-order valence-electron chi connectivity index (χ2n) is 7.01. The van der Waals surface area contributed by atoms with Crippen LogP contribution < -0.4 is 4.74 Å². The Hall–Kier alpha value is -2.89. The van der Waals surface area contributed by atoms with E-state index in [1.165, 1.54) is 0 Å². The van der Waals surface area contributed by atoms with Crippen molar-refractivity contribution in [2.75, 3.05) is 6.61 Å². The molecular formula is C21H20O6. The molecule has 0 atom stereocenters. The van der Waals surface area contributed by atoms with E-state index in [0.29, 0.717) is 54.1 Å². The molecule has 1 aromatic rings. The third-order valence-electron chi connectivity index (χ3n) is 5.22. The van der Waals surface area contributed by atoms with Crippen LogP contribution in [0.25, 0.3) is 0 Å². The molecule has 4 rings (SSSR count). The van der Waals surface area contributed by atoms with E-state index in [1.54, 1.807) is 24.3 Å². The van der Waals surface area contributed by atoms with Crippen molar-refractivity contribution in [1.29, 1.82) is 0 Å². The minimum absolute atomic E-state index is 0.0392. The van der Waals surface area contributed by atoms with E-state index in [4.69, 9.17) is 14.6 Å². The zero-order chi connectivity index (χ0) is 19.0. The molecule has 27 heavy (non-hydrogen) atoms. The number of carbonyl (C=O) groups excluding carboxylic acids is 2. The van der Waals surface area contributed by atoms with Crippen molar-refractivity contribution >= 4 is 17.5 Å². The van der Waals surface area contributed by atoms with Gasteiger partial charge >= 0.3 is 5.97 Å². The lowest BCUT2D eigenvalue weighted by Crippen LogP contribution is -2.30. The lowest BCUT2D eigenvalue weighted by atomic mass is 9.73. The maximum atomic E-state index is 12.7. The van der Waals surface area contributed by atoms with E-state index < -0.39 is 18.5 Å². The maximum Gasteiger partial charge on any atom is 0.341 e. The van der Waals surface area contributed by atoms with Crippen molar-refractivity contribution in [3.8, 4) is 5.75 Å². The minimum atomic E-state index is -1.05. The van der Waals surface area contributed by atoms with Gasteiger partial charge in [-0.25, -0.2) is 4.79 Å². The first kappa shape index (κ1) is 17.5. The predicted molar refractivity (Wildman–Crippen MR) is 95.2 cm³/mol. The molecular weight excluding hydrogens is 348 g/mol. The van der Waals surface area contributed by atoms with Gasteiger partial charge in [-0.3, -0.25) is 9.59 Å². The number of carboxylic acid groups (broad SMARTS) is 1. The van der Waals surface area contributed by atoms with Crippen molar-refractivity contribution in [2.24, 2.45) is 0 Å². The van der Waals surface area contributed by atoms with Crippen LogP contribution in [-0.4, -0.2) is 29.2 Å². The van der Waals surface area contributed by atoms with Crippen LogP contribution in [0.1, 0.15) is 50.0 Å². The highest BCUT2D eigenvalue weighted by molar-refractivity contribution is 6.05. The average Bonchev–Trinajstić information content (AvgIpc) is 2.66. The van der Waals surface area contributed by atoms with Gasteiger partial charge in [0.2, 0.25) is 0 Å². The number of Topliss-reactive ketones (excluding diaryl/α,β-unsaturated/α-hetero) is 2. The normalized spacial score (nSPS) is 20.1. The zero-order valence-electron chi connectivity index (χ0n) is 14.8. The Morgan fingerprint density at radius 3 is 2.04 bits per heavy atom. The highest BCUT2D eigenvalue weighted by atomic mass is 16.5. The van der Waals surface area contributed by atoms with Gasteiger partial charge in [-0.2, -0.15) is 0 Å². The van der Waals surface area contributed by atoms with Gasteiger partial charge in [0.25, 0.3) is 0 Å². The topological polar surface area (TPSA) is 89.9 Å². The van der Waals surface area contributed by atoms with Crippen LogP contribution in [0.2, 0.25) is 0 Å². The molecule has 0 saturated carbocycles. The van der Waals surface area contributed by atoms with Crippen LogP contribution in [0.5, 0.6) is 5.75 Å². The molecule has 0 saturated heterocycles. The summed E-state index contributed by atoms with van der Waals surface area (Å²) in [7, 11) is 0. The number of ketones is 2. The summed E-state index contributed by atoms with van der Waals surface area (Å²) in [5.41, 5.74) is 2.04. The number of ether oxygens (including phenoxy) is 2. The molecule has 6 nitrogen and oxygen atoms in total.